The van der Waals surface area contributed by atoms with Crippen molar-refractivity contribution in [1.82, 2.24) is 10.2 Å². The van der Waals surface area contributed by atoms with E-state index in [-0.39, 0.29) is 35.8 Å². The lowest BCUT2D eigenvalue weighted by Crippen LogP contribution is -2.54. The van der Waals surface area contributed by atoms with Crippen LogP contribution < -0.4 is 11.1 Å². The van der Waals surface area contributed by atoms with Crippen molar-refractivity contribution in [2.75, 3.05) is 13.1 Å². The maximum Gasteiger partial charge on any atom is 0.242 e. The SMILES string of the molecule is CCC(C(=O)NCC(N)(CC)CC)N1CCCC1=O.Cl. The minimum absolute atomic E-state index is 0. The van der Waals surface area contributed by atoms with Gasteiger partial charge in [-0.2, -0.15) is 0 Å². The maximum absolute atomic E-state index is 12.2. The van der Waals surface area contributed by atoms with Gasteiger partial charge in [-0.1, -0.05) is 20.8 Å². The third kappa shape index (κ3) is 4.63. The average molecular weight is 306 g/mol. The molecule has 1 heterocycles. The molecule has 5 nitrogen and oxygen atoms in total. The van der Waals surface area contributed by atoms with E-state index in [1.165, 1.54) is 0 Å². The summed E-state index contributed by atoms with van der Waals surface area (Å²) in [5.41, 5.74) is 5.83. The Kier molecular flexibility index (Phi) is 8.13. The Morgan fingerprint density at radius 2 is 2.00 bits per heavy atom. The van der Waals surface area contributed by atoms with E-state index in [0.717, 1.165) is 19.3 Å². The fourth-order valence-corrected chi connectivity index (χ4v) is 2.43. The van der Waals surface area contributed by atoms with Gasteiger partial charge in [0.15, 0.2) is 0 Å². The van der Waals surface area contributed by atoms with Crippen molar-refractivity contribution in [2.24, 2.45) is 5.73 Å². The third-order valence-electron chi connectivity index (χ3n) is 4.20. The first kappa shape index (κ1) is 19.2. The minimum atomic E-state index is -0.344. The summed E-state index contributed by atoms with van der Waals surface area (Å²) < 4.78 is 0. The zero-order chi connectivity index (χ0) is 14.5. The van der Waals surface area contributed by atoms with Gasteiger partial charge in [-0.3, -0.25) is 9.59 Å². The Bertz CT molecular complexity index is 332. The number of rotatable bonds is 7. The molecule has 0 bridgehead atoms. The van der Waals surface area contributed by atoms with E-state index >= 15 is 0 Å². The van der Waals surface area contributed by atoms with Gasteiger partial charge in [0, 0.05) is 25.0 Å². The van der Waals surface area contributed by atoms with Crippen LogP contribution in [0.15, 0.2) is 0 Å². The van der Waals surface area contributed by atoms with Crippen molar-refractivity contribution in [3.8, 4) is 0 Å². The van der Waals surface area contributed by atoms with Crippen LogP contribution in [0.1, 0.15) is 52.9 Å². The van der Waals surface area contributed by atoms with Crippen LogP contribution in [0.4, 0.5) is 0 Å². The van der Waals surface area contributed by atoms with E-state index < -0.39 is 0 Å². The lowest BCUT2D eigenvalue weighted by atomic mass is 9.94. The van der Waals surface area contributed by atoms with Crippen molar-refractivity contribution in [3.63, 3.8) is 0 Å². The van der Waals surface area contributed by atoms with Gasteiger partial charge in [0.05, 0.1) is 0 Å². The second kappa shape index (κ2) is 8.47. The summed E-state index contributed by atoms with van der Waals surface area (Å²) in [6.07, 6.45) is 3.71. The Morgan fingerprint density at radius 3 is 2.40 bits per heavy atom. The van der Waals surface area contributed by atoms with E-state index in [1.807, 2.05) is 20.8 Å². The third-order valence-corrected chi connectivity index (χ3v) is 4.20. The molecule has 0 spiro atoms. The van der Waals surface area contributed by atoms with Crippen molar-refractivity contribution in [3.05, 3.63) is 0 Å². The summed E-state index contributed by atoms with van der Waals surface area (Å²) in [6.45, 7) is 7.15. The highest BCUT2D eigenvalue weighted by Gasteiger charge is 2.32. The molecule has 0 aromatic heterocycles. The lowest BCUT2D eigenvalue weighted by Gasteiger charge is -2.30. The second-order valence-electron chi connectivity index (χ2n) is 5.40. The molecular weight excluding hydrogens is 278 g/mol. The standard InChI is InChI=1S/C14H27N3O2.ClH/c1-4-11(17-9-7-8-12(17)18)13(19)16-10-14(15,5-2)6-3;/h11H,4-10,15H2,1-3H3,(H,16,19);1H. The second-order valence-corrected chi connectivity index (χ2v) is 5.40. The molecule has 1 aliphatic rings. The number of carbonyl (C=O) groups is 2. The van der Waals surface area contributed by atoms with Crippen LogP contribution in [-0.4, -0.2) is 41.4 Å². The summed E-state index contributed by atoms with van der Waals surface area (Å²) in [7, 11) is 0. The minimum Gasteiger partial charge on any atom is -0.352 e. The Balaban J connectivity index is 0.00000361. The van der Waals surface area contributed by atoms with Gasteiger partial charge < -0.3 is 16.0 Å². The summed E-state index contributed by atoms with van der Waals surface area (Å²) in [6, 6.07) is -0.340. The average Bonchev–Trinajstić information content (AvgIpc) is 2.83. The molecule has 1 rings (SSSR count). The summed E-state index contributed by atoms with van der Waals surface area (Å²) in [5, 5.41) is 2.92. The molecule has 3 N–H and O–H groups in total. The summed E-state index contributed by atoms with van der Waals surface area (Å²) in [5.74, 6) is 0.0152. The normalized spacial score (nSPS) is 16.8. The number of likely N-dealkylation sites (tertiary alicyclic amines) is 1. The predicted octanol–water partition coefficient (Wildman–Crippen LogP) is 1.44. The van der Waals surface area contributed by atoms with Crippen molar-refractivity contribution in [2.45, 2.75) is 64.5 Å². The van der Waals surface area contributed by atoms with Gasteiger partial charge in [-0.05, 0) is 25.7 Å². The smallest absolute Gasteiger partial charge is 0.242 e. The topological polar surface area (TPSA) is 75.4 Å². The molecule has 0 aromatic rings. The van der Waals surface area contributed by atoms with Gasteiger partial charge in [0.2, 0.25) is 11.8 Å². The number of hydrogen-bond donors (Lipinski definition) is 2. The molecule has 118 valence electrons. The largest absolute Gasteiger partial charge is 0.352 e. The number of hydrogen-bond acceptors (Lipinski definition) is 3. The van der Waals surface area contributed by atoms with Crippen molar-refractivity contribution >= 4 is 24.2 Å². The van der Waals surface area contributed by atoms with Crippen LogP contribution >= 0.6 is 12.4 Å². The maximum atomic E-state index is 12.2. The number of nitrogens with zero attached hydrogens (tertiary/aromatic N) is 1. The highest BCUT2D eigenvalue weighted by molar-refractivity contribution is 5.88. The summed E-state index contributed by atoms with van der Waals surface area (Å²) in [4.78, 5) is 25.6. The Morgan fingerprint density at radius 1 is 1.40 bits per heavy atom. The van der Waals surface area contributed by atoms with E-state index in [1.54, 1.807) is 4.90 Å². The van der Waals surface area contributed by atoms with Gasteiger partial charge in [-0.15, -0.1) is 12.4 Å². The molecule has 1 fully saturated rings. The van der Waals surface area contributed by atoms with E-state index in [0.29, 0.717) is 25.9 Å². The molecule has 2 amide bonds. The highest BCUT2D eigenvalue weighted by Crippen LogP contribution is 2.16. The first-order chi connectivity index (χ1) is 8.97. The van der Waals surface area contributed by atoms with E-state index in [9.17, 15) is 9.59 Å². The number of nitrogens with two attached hydrogens (primary N) is 1. The molecule has 6 heteroatoms. The molecule has 0 radical (unpaired) electrons. The van der Waals surface area contributed by atoms with Gasteiger partial charge >= 0.3 is 0 Å². The fourth-order valence-electron chi connectivity index (χ4n) is 2.43. The molecular formula is C14H28ClN3O2. The molecule has 1 unspecified atom stereocenters. The zero-order valence-corrected chi connectivity index (χ0v) is 13.6. The molecule has 1 saturated heterocycles. The van der Waals surface area contributed by atoms with Gasteiger partial charge in [-0.25, -0.2) is 0 Å². The molecule has 1 atom stereocenters. The van der Waals surface area contributed by atoms with E-state index in [2.05, 4.69) is 5.32 Å². The zero-order valence-electron chi connectivity index (χ0n) is 12.8. The predicted molar refractivity (Wildman–Crippen MR) is 82.8 cm³/mol. The summed E-state index contributed by atoms with van der Waals surface area (Å²) >= 11 is 0. The first-order valence-corrected chi connectivity index (χ1v) is 7.33. The molecule has 0 aromatic carbocycles. The van der Waals surface area contributed by atoms with Crippen LogP contribution in [0.3, 0.4) is 0 Å². The van der Waals surface area contributed by atoms with Gasteiger partial charge in [0.25, 0.3) is 0 Å². The van der Waals surface area contributed by atoms with Crippen LogP contribution in [0.25, 0.3) is 0 Å². The van der Waals surface area contributed by atoms with Gasteiger partial charge in [0.1, 0.15) is 6.04 Å². The van der Waals surface area contributed by atoms with Crippen LogP contribution in [0.5, 0.6) is 0 Å². The monoisotopic (exact) mass is 305 g/mol. The number of amides is 2. The molecule has 1 aliphatic heterocycles. The van der Waals surface area contributed by atoms with Crippen LogP contribution in [0, 0.1) is 0 Å². The number of nitrogens with one attached hydrogen (secondary N) is 1. The van der Waals surface area contributed by atoms with Crippen molar-refractivity contribution < 1.29 is 9.59 Å². The van der Waals surface area contributed by atoms with Crippen molar-refractivity contribution in [1.29, 1.82) is 0 Å². The Hall–Kier alpha value is -0.810. The highest BCUT2D eigenvalue weighted by atomic mass is 35.5. The molecule has 0 aliphatic carbocycles. The fraction of sp³-hybridized carbons (Fsp3) is 0.857. The number of carbonyl (C=O) groups excluding carboxylic acids is 2. The van der Waals surface area contributed by atoms with E-state index in [4.69, 9.17) is 5.73 Å². The lowest BCUT2D eigenvalue weighted by molar-refractivity contribution is -0.137. The Labute approximate surface area is 128 Å². The molecule has 0 saturated carbocycles. The quantitative estimate of drug-likeness (QED) is 0.747. The first-order valence-electron chi connectivity index (χ1n) is 7.33. The van der Waals surface area contributed by atoms with Crippen LogP contribution in [0.2, 0.25) is 0 Å². The van der Waals surface area contributed by atoms with Crippen LogP contribution in [-0.2, 0) is 9.59 Å². The number of halogens is 1. The molecule has 20 heavy (non-hydrogen) atoms.